The van der Waals surface area contributed by atoms with Gasteiger partial charge in [-0.3, -0.25) is 5.32 Å². The second-order valence-electron chi connectivity index (χ2n) is 5.75. The number of nitrogens with one attached hydrogen (secondary N) is 1. The minimum atomic E-state index is -1.07. The first-order chi connectivity index (χ1) is 7.99. The number of hydrogen-bond donors (Lipinski definition) is 2. The Morgan fingerprint density at radius 3 is 2.33 bits per heavy atom. The number of aryl methyl sites for hydroxylation is 1. The molecule has 0 atom stereocenters. The lowest BCUT2D eigenvalue weighted by molar-refractivity contribution is 0.0626. The molecule has 2 N–H and O–H groups in total. The van der Waals surface area contributed by atoms with E-state index in [0.29, 0.717) is 11.6 Å². The van der Waals surface area contributed by atoms with Crippen molar-refractivity contribution >= 4 is 11.9 Å². The molecule has 0 spiro atoms. The predicted molar refractivity (Wildman–Crippen MR) is 68.3 cm³/mol. The van der Waals surface area contributed by atoms with E-state index in [-0.39, 0.29) is 0 Å². The van der Waals surface area contributed by atoms with Crippen molar-refractivity contribution in [3.8, 4) is 0 Å². The van der Waals surface area contributed by atoms with Crippen LogP contribution in [-0.2, 0) is 17.4 Å². The lowest BCUT2D eigenvalue weighted by atomic mass is 10.1. The van der Waals surface area contributed by atoms with Gasteiger partial charge in [0.25, 0.3) is 0 Å². The zero-order valence-electron chi connectivity index (χ0n) is 11.7. The Kier molecular flexibility index (Phi) is 3.71. The van der Waals surface area contributed by atoms with Crippen LogP contribution in [0.25, 0.3) is 0 Å². The summed E-state index contributed by atoms with van der Waals surface area (Å²) in [5, 5.41) is 12.4. The number of aromatic nitrogens is 2. The number of carbonyl (C=O) groups is 1. The number of aliphatic hydroxyl groups is 1. The molecule has 0 radical (unpaired) electrons. The van der Waals surface area contributed by atoms with Crippen molar-refractivity contribution in [2.24, 2.45) is 7.05 Å². The second kappa shape index (κ2) is 4.61. The zero-order valence-corrected chi connectivity index (χ0v) is 11.7. The second-order valence-corrected chi connectivity index (χ2v) is 5.75. The van der Waals surface area contributed by atoms with Crippen LogP contribution in [-0.4, -0.2) is 26.4 Å². The molecular weight excluding hydrogens is 234 g/mol. The topological polar surface area (TPSA) is 76.4 Å². The van der Waals surface area contributed by atoms with Crippen molar-refractivity contribution in [3.05, 3.63) is 12.0 Å². The summed E-state index contributed by atoms with van der Waals surface area (Å²) in [6, 6.07) is 0. The Bertz CT molecular complexity index is 438. The van der Waals surface area contributed by atoms with Gasteiger partial charge >= 0.3 is 6.09 Å². The van der Waals surface area contributed by atoms with E-state index in [1.807, 2.05) is 0 Å². The summed E-state index contributed by atoms with van der Waals surface area (Å²) in [5.74, 6) is 0.817. The maximum absolute atomic E-state index is 11.6. The fourth-order valence-corrected chi connectivity index (χ4v) is 1.50. The van der Waals surface area contributed by atoms with Crippen LogP contribution in [0.2, 0.25) is 0 Å². The quantitative estimate of drug-likeness (QED) is 0.847. The van der Waals surface area contributed by atoms with Gasteiger partial charge in [0.05, 0.1) is 0 Å². The van der Waals surface area contributed by atoms with E-state index < -0.39 is 17.3 Å². The van der Waals surface area contributed by atoms with E-state index in [0.717, 1.165) is 0 Å². The number of amides is 1. The van der Waals surface area contributed by atoms with E-state index >= 15 is 0 Å². The molecule has 1 rings (SSSR count). The molecule has 6 heteroatoms. The first-order valence-corrected chi connectivity index (χ1v) is 5.75. The molecule has 1 aromatic rings. The van der Waals surface area contributed by atoms with Gasteiger partial charge in [-0.15, -0.1) is 0 Å². The first kappa shape index (κ1) is 14.5. The van der Waals surface area contributed by atoms with E-state index in [2.05, 4.69) is 10.3 Å². The summed E-state index contributed by atoms with van der Waals surface area (Å²) in [6.45, 7) is 8.62. The lowest BCUT2D eigenvalue weighted by Gasteiger charge is -2.19. The van der Waals surface area contributed by atoms with Crippen LogP contribution in [0.1, 0.15) is 40.4 Å². The smallest absolute Gasteiger partial charge is 0.413 e. The number of ether oxygens (including phenoxy) is 1. The van der Waals surface area contributed by atoms with Gasteiger partial charge in [-0.1, -0.05) is 0 Å². The maximum atomic E-state index is 11.6. The monoisotopic (exact) mass is 255 g/mol. The molecular formula is C12H21N3O3. The van der Waals surface area contributed by atoms with Crippen LogP contribution in [0.15, 0.2) is 6.20 Å². The lowest BCUT2D eigenvalue weighted by Crippen LogP contribution is -2.27. The number of anilines is 1. The van der Waals surface area contributed by atoms with Gasteiger partial charge in [0.15, 0.2) is 5.82 Å². The van der Waals surface area contributed by atoms with Gasteiger partial charge in [-0.25, -0.2) is 9.78 Å². The Balaban J connectivity index is 2.79. The van der Waals surface area contributed by atoms with Gasteiger partial charge < -0.3 is 14.4 Å². The summed E-state index contributed by atoms with van der Waals surface area (Å²) in [7, 11) is 1.75. The van der Waals surface area contributed by atoms with Crippen LogP contribution in [0.4, 0.5) is 10.6 Å². The van der Waals surface area contributed by atoms with E-state index in [4.69, 9.17) is 4.74 Å². The van der Waals surface area contributed by atoms with Gasteiger partial charge in [0.2, 0.25) is 0 Å². The minimum Gasteiger partial charge on any atom is -0.444 e. The molecule has 6 nitrogen and oxygen atoms in total. The Labute approximate surface area is 107 Å². The zero-order chi connectivity index (χ0) is 14.1. The summed E-state index contributed by atoms with van der Waals surface area (Å²) < 4.78 is 6.77. The summed E-state index contributed by atoms with van der Waals surface area (Å²) >= 11 is 0. The fourth-order valence-electron chi connectivity index (χ4n) is 1.50. The number of imidazole rings is 1. The predicted octanol–water partition coefficient (Wildman–Crippen LogP) is 1.99. The SMILES string of the molecule is Cn1cc(NC(=O)OC(C)(C)C)nc1C(C)(C)O. The first-order valence-electron chi connectivity index (χ1n) is 5.75. The van der Waals surface area contributed by atoms with Crippen molar-refractivity contribution in [2.45, 2.75) is 45.8 Å². The van der Waals surface area contributed by atoms with Crippen LogP contribution in [0, 0.1) is 0 Å². The third-order valence-electron chi connectivity index (χ3n) is 2.05. The Hall–Kier alpha value is -1.56. The highest BCUT2D eigenvalue weighted by Crippen LogP contribution is 2.20. The van der Waals surface area contributed by atoms with Crippen LogP contribution in [0.3, 0.4) is 0 Å². The molecule has 0 saturated heterocycles. The van der Waals surface area contributed by atoms with E-state index in [1.165, 1.54) is 0 Å². The molecule has 0 aliphatic carbocycles. The van der Waals surface area contributed by atoms with Crippen molar-refractivity contribution < 1.29 is 14.6 Å². The van der Waals surface area contributed by atoms with Crippen molar-refractivity contribution in [1.29, 1.82) is 0 Å². The van der Waals surface area contributed by atoms with Crippen LogP contribution >= 0.6 is 0 Å². The molecule has 0 unspecified atom stereocenters. The summed E-state index contributed by atoms with van der Waals surface area (Å²) in [4.78, 5) is 15.7. The fraction of sp³-hybridized carbons (Fsp3) is 0.667. The third-order valence-corrected chi connectivity index (χ3v) is 2.05. The average molecular weight is 255 g/mol. The maximum Gasteiger partial charge on any atom is 0.413 e. The van der Waals surface area contributed by atoms with Crippen LogP contribution < -0.4 is 5.32 Å². The van der Waals surface area contributed by atoms with E-state index in [9.17, 15) is 9.90 Å². The summed E-state index contributed by atoms with van der Waals surface area (Å²) in [6.07, 6.45) is 1.06. The largest absolute Gasteiger partial charge is 0.444 e. The average Bonchev–Trinajstić information content (AvgIpc) is 2.41. The van der Waals surface area contributed by atoms with Gasteiger partial charge in [-0.2, -0.15) is 0 Å². The highest BCUT2D eigenvalue weighted by molar-refractivity contribution is 5.83. The van der Waals surface area contributed by atoms with Crippen LogP contribution in [0.5, 0.6) is 0 Å². The molecule has 0 bridgehead atoms. The molecule has 0 aliphatic heterocycles. The Morgan fingerprint density at radius 2 is 1.94 bits per heavy atom. The highest BCUT2D eigenvalue weighted by atomic mass is 16.6. The standard InChI is InChI=1S/C12H21N3O3/c1-11(2,3)18-10(16)14-8-7-15(6)9(13-8)12(4,5)17/h7,17H,1-6H3,(H,14,16). The minimum absolute atomic E-state index is 0.351. The van der Waals surface area contributed by atoms with Crippen molar-refractivity contribution in [1.82, 2.24) is 9.55 Å². The number of hydrogen-bond acceptors (Lipinski definition) is 4. The highest BCUT2D eigenvalue weighted by Gasteiger charge is 2.23. The molecule has 1 amide bonds. The number of rotatable bonds is 2. The molecule has 0 aromatic carbocycles. The van der Waals surface area contributed by atoms with Gasteiger partial charge in [0.1, 0.15) is 17.0 Å². The normalized spacial score (nSPS) is 12.4. The number of nitrogens with zero attached hydrogens (tertiary/aromatic N) is 2. The Morgan fingerprint density at radius 1 is 1.39 bits per heavy atom. The molecule has 0 saturated carbocycles. The van der Waals surface area contributed by atoms with Crippen molar-refractivity contribution in [2.75, 3.05) is 5.32 Å². The van der Waals surface area contributed by atoms with Crippen molar-refractivity contribution in [3.63, 3.8) is 0 Å². The molecule has 1 aromatic heterocycles. The van der Waals surface area contributed by atoms with Gasteiger partial charge in [0, 0.05) is 13.2 Å². The molecule has 102 valence electrons. The third kappa shape index (κ3) is 4.03. The molecule has 1 heterocycles. The molecule has 0 fully saturated rings. The van der Waals surface area contributed by atoms with E-state index in [1.54, 1.807) is 52.4 Å². The van der Waals surface area contributed by atoms with Gasteiger partial charge in [-0.05, 0) is 34.6 Å². The summed E-state index contributed by atoms with van der Waals surface area (Å²) in [5.41, 5.74) is -1.62. The number of carbonyl (C=O) groups excluding carboxylic acids is 1. The molecule has 18 heavy (non-hydrogen) atoms. The molecule has 0 aliphatic rings.